The van der Waals surface area contributed by atoms with Crippen molar-refractivity contribution in [3.63, 3.8) is 0 Å². The maximum Gasteiger partial charge on any atom is 0.335 e. The molecule has 0 aliphatic carbocycles. The third-order valence-corrected chi connectivity index (χ3v) is 5.09. The number of hydrogen-bond acceptors (Lipinski definition) is 3. The van der Waals surface area contributed by atoms with E-state index in [9.17, 15) is 18.3 Å². The van der Waals surface area contributed by atoms with E-state index in [4.69, 9.17) is 0 Å². The number of carboxylic acids is 1. The number of rotatable bonds is 4. The molecule has 2 N–H and O–H groups in total. The van der Waals surface area contributed by atoms with Crippen LogP contribution in [0.3, 0.4) is 0 Å². The molecule has 0 fully saturated rings. The van der Waals surface area contributed by atoms with Gasteiger partial charge in [-0.05, 0) is 41.7 Å². The molecule has 6 heteroatoms. The molecule has 0 aromatic heterocycles. The van der Waals surface area contributed by atoms with Crippen LogP contribution in [-0.2, 0) is 15.4 Å². The number of hydrogen-bond donors (Lipinski definition) is 2. The first-order chi connectivity index (χ1) is 11.0. The van der Waals surface area contributed by atoms with Crippen molar-refractivity contribution in [2.75, 3.05) is 4.72 Å². The van der Waals surface area contributed by atoms with Crippen LogP contribution in [-0.4, -0.2) is 19.5 Å². The van der Waals surface area contributed by atoms with Crippen LogP contribution in [0.25, 0.3) is 0 Å². The minimum absolute atomic E-state index is 0.0259. The SMILES string of the molecule is Cc1ccc(S(=O)(=O)Nc2ccccc2C(C)(C)C)cc1C(=O)O. The Hall–Kier alpha value is -2.34. The average molecular weight is 347 g/mol. The van der Waals surface area contributed by atoms with E-state index >= 15 is 0 Å². The van der Waals surface area contributed by atoms with Crippen LogP contribution in [0.15, 0.2) is 47.4 Å². The molecule has 0 radical (unpaired) electrons. The van der Waals surface area contributed by atoms with Gasteiger partial charge in [-0.15, -0.1) is 0 Å². The second-order valence-corrected chi connectivity index (χ2v) is 8.37. The highest BCUT2D eigenvalue weighted by molar-refractivity contribution is 7.92. The maximum atomic E-state index is 12.7. The lowest BCUT2D eigenvalue weighted by atomic mass is 9.86. The lowest BCUT2D eigenvalue weighted by Gasteiger charge is -2.23. The Morgan fingerprint density at radius 1 is 1.08 bits per heavy atom. The Bertz CT molecular complexity index is 880. The molecule has 5 nitrogen and oxygen atoms in total. The van der Waals surface area contributed by atoms with E-state index < -0.39 is 16.0 Å². The number of carboxylic acid groups (broad SMARTS) is 1. The summed E-state index contributed by atoms with van der Waals surface area (Å²) in [5.74, 6) is -1.15. The fourth-order valence-corrected chi connectivity index (χ4v) is 3.53. The molecule has 0 saturated carbocycles. The fourth-order valence-electron chi connectivity index (χ4n) is 2.43. The molecule has 0 aliphatic heterocycles. The van der Waals surface area contributed by atoms with Crippen LogP contribution >= 0.6 is 0 Å². The minimum atomic E-state index is -3.88. The Labute approximate surface area is 142 Å². The molecule has 128 valence electrons. The van der Waals surface area contributed by atoms with Crippen LogP contribution in [0.2, 0.25) is 0 Å². The lowest BCUT2D eigenvalue weighted by molar-refractivity contribution is 0.0696. The van der Waals surface area contributed by atoms with Gasteiger partial charge in [0.2, 0.25) is 0 Å². The van der Waals surface area contributed by atoms with Gasteiger partial charge in [0.05, 0.1) is 16.1 Å². The summed E-state index contributed by atoms with van der Waals surface area (Å²) in [5, 5.41) is 9.18. The van der Waals surface area contributed by atoms with Crippen LogP contribution in [0, 0.1) is 6.92 Å². The van der Waals surface area contributed by atoms with E-state index in [0.717, 1.165) is 5.56 Å². The first-order valence-corrected chi connectivity index (χ1v) is 8.97. The van der Waals surface area contributed by atoms with Crippen molar-refractivity contribution in [1.29, 1.82) is 0 Å². The van der Waals surface area contributed by atoms with E-state index in [2.05, 4.69) is 4.72 Å². The van der Waals surface area contributed by atoms with E-state index in [0.29, 0.717) is 11.3 Å². The molecule has 0 saturated heterocycles. The summed E-state index contributed by atoms with van der Waals surface area (Å²) in [6.45, 7) is 7.61. The number of benzene rings is 2. The first kappa shape index (κ1) is 18.0. The van der Waals surface area contributed by atoms with E-state index in [1.54, 1.807) is 19.1 Å². The van der Waals surface area contributed by atoms with Gasteiger partial charge < -0.3 is 5.11 Å². The summed E-state index contributed by atoms with van der Waals surface area (Å²) in [5.41, 5.74) is 1.60. The summed E-state index contributed by atoms with van der Waals surface area (Å²) in [4.78, 5) is 11.2. The normalized spacial score (nSPS) is 12.0. The van der Waals surface area contributed by atoms with E-state index in [1.165, 1.54) is 18.2 Å². The van der Waals surface area contributed by atoms with Gasteiger partial charge in [-0.25, -0.2) is 13.2 Å². The fraction of sp³-hybridized carbons (Fsp3) is 0.278. The van der Waals surface area contributed by atoms with Crippen molar-refractivity contribution in [1.82, 2.24) is 0 Å². The molecule has 24 heavy (non-hydrogen) atoms. The van der Waals surface area contributed by atoms with Crippen molar-refractivity contribution in [2.45, 2.75) is 38.0 Å². The topological polar surface area (TPSA) is 83.5 Å². The Kier molecular flexibility index (Phi) is 4.71. The average Bonchev–Trinajstić information content (AvgIpc) is 2.46. The maximum absolute atomic E-state index is 12.7. The third kappa shape index (κ3) is 3.76. The highest BCUT2D eigenvalue weighted by Gasteiger charge is 2.22. The molecular weight excluding hydrogens is 326 g/mol. The summed E-state index contributed by atoms with van der Waals surface area (Å²) >= 11 is 0. The van der Waals surface area contributed by atoms with Gasteiger partial charge >= 0.3 is 5.97 Å². The standard InChI is InChI=1S/C18H21NO4S/c1-12-9-10-13(11-14(12)17(20)21)24(22,23)19-16-8-6-5-7-15(16)18(2,3)4/h5-11,19H,1-4H3,(H,20,21). The lowest BCUT2D eigenvalue weighted by Crippen LogP contribution is -2.19. The van der Waals surface area contributed by atoms with Crippen molar-refractivity contribution in [2.24, 2.45) is 0 Å². The smallest absolute Gasteiger partial charge is 0.335 e. The third-order valence-electron chi connectivity index (χ3n) is 3.73. The van der Waals surface area contributed by atoms with Gasteiger partial charge in [0.15, 0.2) is 0 Å². The van der Waals surface area contributed by atoms with Gasteiger partial charge in [-0.1, -0.05) is 45.0 Å². The second kappa shape index (κ2) is 6.28. The monoisotopic (exact) mass is 347 g/mol. The van der Waals surface area contributed by atoms with Gasteiger partial charge in [0.25, 0.3) is 10.0 Å². The molecule has 0 unspecified atom stereocenters. The van der Waals surface area contributed by atoms with Crippen molar-refractivity contribution in [3.8, 4) is 0 Å². The van der Waals surface area contributed by atoms with Gasteiger partial charge in [0, 0.05) is 0 Å². The molecule has 2 aromatic rings. The van der Waals surface area contributed by atoms with Crippen LogP contribution in [0.1, 0.15) is 42.3 Å². The van der Waals surface area contributed by atoms with Gasteiger partial charge in [-0.2, -0.15) is 0 Å². The molecule has 0 spiro atoms. The number of aromatic carboxylic acids is 1. The molecule has 0 aliphatic rings. The number of anilines is 1. The zero-order chi connectivity index (χ0) is 18.1. The van der Waals surface area contributed by atoms with Crippen molar-refractivity contribution in [3.05, 3.63) is 59.2 Å². The quantitative estimate of drug-likeness (QED) is 0.881. The molecule has 0 amide bonds. The van der Waals surface area contributed by atoms with Crippen LogP contribution in [0.5, 0.6) is 0 Å². The predicted molar refractivity (Wildman–Crippen MR) is 94.1 cm³/mol. The molecule has 0 heterocycles. The number of carbonyl (C=O) groups is 1. The molecule has 0 atom stereocenters. The van der Waals surface area contributed by atoms with Gasteiger partial charge in [-0.3, -0.25) is 4.72 Å². The predicted octanol–water partition coefficient (Wildman–Crippen LogP) is 3.79. The number of para-hydroxylation sites is 1. The molecule has 2 aromatic carbocycles. The van der Waals surface area contributed by atoms with Crippen LogP contribution < -0.4 is 4.72 Å². The van der Waals surface area contributed by atoms with Gasteiger partial charge in [0.1, 0.15) is 0 Å². The Morgan fingerprint density at radius 3 is 2.29 bits per heavy atom. The summed E-state index contributed by atoms with van der Waals surface area (Å²) in [7, 11) is -3.88. The summed E-state index contributed by atoms with van der Waals surface area (Å²) in [6, 6.07) is 11.3. The Balaban J connectivity index is 2.48. The number of nitrogens with one attached hydrogen (secondary N) is 1. The molecule has 2 rings (SSSR count). The van der Waals surface area contributed by atoms with Crippen LogP contribution in [0.4, 0.5) is 5.69 Å². The molecular formula is C18H21NO4S. The zero-order valence-electron chi connectivity index (χ0n) is 14.1. The van der Waals surface area contributed by atoms with Crippen molar-refractivity contribution >= 4 is 21.7 Å². The largest absolute Gasteiger partial charge is 0.478 e. The number of sulfonamides is 1. The van der Waals surface area contributed by atoms with E-state index in [1.807, 2.05) is 32.9 Å². The molecule has 0 bridgehead atoms. The Morgan fingerprint density at radius 2 is 1.71 bits per heavy atom. The summed E-state index contributed by atoms with van der Waals surface area (Å²) in [6.07, 6.45) is 0. The zero-order valence-corrected chi connectivity index (χ0v) is 14.9. The second-order valence-electron chi connectivity index (χ2n) is 6.68. The first-order valence-electron chi connectivity index (χ1n) is 7.48. The van der Waals surface area contributed by atoms with Crippen molar-refractivity contribution < 1.29 is 18.3 Å². The highest BCUT2D eigenvalue weighted by Crippen LogP contribution is 2.31. The highest BCUT2D eigenvalue weighted by atomic mass is 32.2. The van der Waals surface area contributed by atoms with E-state index in [-0.39, 0.29) is 15.9 Å². The minimum Gasteiger partial charge on any atom is -0.478 e. The number of aryl methyl sites for hydroxylation is 1. The summed E-state index contributed by atoms with van der Waals surface area (Å²) < 4.78 is 27.9.